The van der Waals surface area contributed by atoms with Crippen molar-refractivity contribution >= 4 is 10.8 Å². The molecule has 0 aliphatic rings. The van der Waals surface area contributed by atoms with Gasteiger partial charge in [0.15, 0.2) is 0 Å². The number of fused-ring (bicyclic) bond motifs is 1. The topological polar surface area (TPSA) is 47.0 Å². The van der Waals surface area contributed by atoms with E-state index in [0.29, 0.717) is 12.4 Å². The molecular weight excluding hydrogens is 250 g/mol. The fourth-order valence-corrected chi connectivity index (χ4v) is 2.07. The summed E-state index contributed by atoms with van der Waals surface area (Å²) in [5, 5.41) is 13.4. The van der Waals surface area contributed by atoms with Gasteiger partial charge in [-0.25, -0.2) is 0 Å². The zero-order valence-electron chi connectivity index (χ0n) is 11.2. The fourth-order valence-electron chi connectivity index (χ4n) is 2.07. The maximum absolute atomic E-state index is 5.83. The Morgan fingerprint density at radius 3 is 2.60 bits per heavy atom. The first kappa shape index (κ1) is 12.6. The lowest BCUT2D eigenvalue weighted by molar-refractivity contribution is 0.458. The Morgan fingerprint density at radius 1 is 0.950 bits per heavy atom. The molecule has 3 aromatic rings. The molecule has 0 bridgehead atoms. The Morgan fingerprint density at radius 2 is 1.80 bits per heavy atom. The van der Waals surface area contributed by atoms with E-state index in [1.807, 2.05) is 49.5 Å². The lowest BCUT2D eigenvalue weighted by Crippen LogP contribution is -2.07. The third-order valence-corrected chi connectivity index (χ3v) is 3.02. The molecule has 0 spiro atoms. The van der Waals surface area contributed by atoms with Crippen molar-refractivity contribution in [1.29, 1.82) is 0 Å². The minimum absolute atomic E-state index is 0.501. The fraction of sp³-hybridized carbons (Fsp3) is 0.125. The van der Waals surface area contributed by atoms with Crippen molar-refractivity contribution in [2.45, 2.75) is 6.54 Å². The summed E-state index contributed by atoms with van der Waals surface area (Å²) in [6.07, 6.45) is 0. The smallest absolute Gasteiger partial charge is 0.238 e. The highest BCUT2D eigenvalue weighted by atomic mass is 16.5. The van der Waals surface area contributed by atoms with Crippen LogP contribution in [0.15, 0.2) is 54.6 Å². The Bertz CT molecular complexity index is 705. The summed E-state index contributed by atoms with van der Waals surface area (Å²) < 4.78 is 5.83. The molecule has 1 aromatic heterocycles. The molecule has 0 saturated heterocycles. The summed E-state index contributed by atoms with van der Waals surface area (Å²) >= 11 is 0. The van der Waals surface area contributed by atoms with Crippen LogP contribution in [0, 0.1) is 0 Å². The van der Waals surface area contributed by atoms with E-state index in [1.54, 1.807) is 0 Å². The van der Waals surface area contributed by atoms with Crippen LogP contribution in [-0.4, -0.2) is 17.2 Å². The zero-order chi connectivity index (χ0) is 13.8. The molecule has 0 aliphatic heterocycles. The van der Waals surface area contributed by atoms with E-state index in [-0.39, 0.29) is 0 Å². The van der Waals surface area contributed by atoms with Gasteiger partial charge in [-0.2, -0.15) is 5.10 Å². The molecule has 20 heavy (non-hydrogen) atoms. The molecule has 0 saturated carbocycles. The summed E-state index contributed by atoms with van der Waals surface area (Å²) in [4.78, 5) is 0. The second-order valence-corrected chi connectivity index (χ2v) is 4.47. The van der Waals surface area contributed by atoms with E-state index < -0.39 is 0 Å². The summed E-state index contributed by atoms with van der Waals surface area (Å²) in [6.45, 7) is 0.696. The number of aromatic nitrogens is 2. The summed E-state index contributed by atoms with van der Waals surface area (Å²) in [5.41, 5.74) is 0.887. The maximum atomic E-state index is 5.83. The molecule has 0 fully saturated rings. The average molecular weight is 265 g/mol. The highest BCUT2D eigenvalue weighted by Gasteiger charge is 2.04. The Labute approximate surface area is 117 Å². The molecule has 0 atom stereocenters. The van der Waals surface area contributed by atoms with Crippen LogP contribution in [0.1, 0.15) is 5.69 Å². The number of hydrogen-bond donors (Lipinski definition) is 1. The SMILES string of the molecule is CNCc1ccc(Oc2cccc3ccccc23)nn1. The Balaban J connectivity index is 1.89. The quantitative estimate of drug-likeness (QED) is 0.787. The van der Waals surface area contributed by atoms with E-state index in [0.717, 1.165) is 22.2 Å². The van der Waals surface area contributed by atoms with Crippen LogP contribution in [0.25, 0.3) is 10.8 Å². The van der Waals surface area contributed by atoms with Crippen molar-refractivity contribution in [3.8, 4) is 11.6 Å². The van der Waals surface area contributed by atoms with Crippen LogP contribution >= 0.6 is 0 Å². The van der Waals surface area contributed by atoms with Gasteiger partial charge in [0.1, 0.15) is 5.75 Å². The van der Waals surface area contributed by atoms with Gasteiger partial charge in [-0.3, -0.25) is 0 Å². The lowest BCUT2D eigenvalue weighted by atomic mass is 10.1. The second-order valence-electron chi connectivity index (χ2n) is 4.47. The van der Waals surface area contributed by atoms with Crippen molar-refractivity contribution in [3.63, 3.8) is 0 Å². The maximum Gasteiger partial charge on any atom is 0.238 e. The molecule has 0 amide bonds. The van der Waals surface area contributed by atoms with Gasteiger partial charge in [0.25, 0.3) is 0 Å². The largest absolute Gasteiger partial charge is 0.437 e. The Kier molecular flexibility index (Phi) is 3.56. The third kappa shape index (κ3) is 2.60. The Hall–Kier alpha value is -2.46. The van der Waals surface area contributed by atoms with Crippen LogP contribution in [-0.2, 0) is 6.54 Å². The summed E-state index contributed by atoms with van der Waals surface area (Å²) in [6, 6.07) is 17.8. The highest BCUT2D eigenvalue weighted by molar-refractivity contribution is 5.88. The summed E-state index contributed by atoms with van der Waals surface area (Å²) in [5.74, 6) is 1.29. The van der Waals surface area contributed by atoms with Gasteiger partial charge >= 0.3 is 0 Å². The molecule has 1 N–H and O–H groups in total. The first-order valence-corrected chi connectivity index (χ1v) is 6.49. The number of nitrogens with one attached hydrogen (secondary N) is 1. The van der Waals surface area contributed by atoms with Crippen molar-refractivity contribution < 1.29 is 4.74 Å². The molecular formula is C16H15N3O. The molecule has 0 aliphatic carbocycles. The van der Waals surface area contributed by atoms with Crippen LogP contribution in [0.3, 0.4) is 0 Å². The molecule has 3 rings (SSSR count). The minimum Gasteiger partial charge on any atom is -0.437 e. The second kappa shape index (κ2) is 5.67. The number of hydrogen-bond acceptors (Lipinski definition) is 4. The normalized spacial score (nSPS) is 10.7. The van der Waals surface area contributed by atoms with Gasteiger partial charge in [0, 0.05) is 18.0 Å². The molecule has 0 unspecified atom stereocenters. The van der Waals surface area contributed by atoms with E-state index in [1.165, 1.54) is 0 Å². The van der Waals surface area contributed by atoms with E-state index >= 15 is 0 Å². The first-order valence-electron chi connectivity index (χ1n) is 6.49. The highest BCUT2D eigenvalue weighted by Crippen LogP contribution is 2.28. The number of ether oxygens (including phenoxy) is 1. The molecule has 4 nitrogen and oxygen atoms in total. The predicted octanol–water partition coefficient (Wildman–Crippen LogP) is 3.14. The van der Waals surface area contributed by atoms with E-state index in [4.69, 9.17) is 4.74 Å². The summed E-state index contributed by atoms with van der Waals surface area (Å²) in [7, 11) is 1.88. The van der Waals surface area contributed by atoms with Crippen LogP contribution in [0.4, 0.5) is 0 Å². The van der Waals surface area contributed by atoms with Crippen molar-refractivity contribution in [2.24, 2.45) is 0 Å². The third-order valence-electron chi connectivity index (χ3n) is 3.02. The molecule has 1 heterocycles. The number of rotatable bonds is 4. The van der Waals surface area contributed by atoms with Crippen molar-refractivity contribution in [2.75, 3.05) is 7.05 Å². The lowest BCUT2D eigenvalue weighted by Gasteiger charge is -2.08. The van der Waals surface area contributed by atoms with Gasteiger partial charge in [0.05, 0.1) is 5.69 Å². The van der Waals surface area contributed by atoms with Gasteiger partial charge < -0.3 is 10.1 Å². The zero-order valence-corrected chi connectivity index (χ0v) is 11.2. The average Bonchev–Trinajstić information content (AvgIpc) is 2.50. The standard InChI is InChI=1S/C16H15N3O/c1-17-11-13-9-10-16(19-18-13)20-15-8-4-6-12-5-2-3-7-14(12)15/h2-10,17H,11H2,1H3. The van der Waals surface area contributed by atoms with E-state index in [9.17, 15) is 0 Å². The van der Waals surface area contributed by atoms with Gasteiger partial charge in [-0.15, -0.1) is 5.10 Å². The predicted molar refractivity (Wildman–Crippen MR) is 78.8 cm³/mol. The monoisotopic (exact) mass is 265 g/mol. The van der Waals surface area contributed by atoms with Crippen LogP contribution in [0.5, 0.6) is 11.6 Å². The van der Waals surface area contributed by atoms with Crippen molar-refractivity contribution in [3.05, 3.63) is 60.3 Å². The first-order chi connectivity index (χ1) is 9.86. The van der Waals surface area contributed by atoms with Gasteiger partial charge in [-0.1, -0.05) is 36.4 Å². The molecule has 100 valence electrons. The van der Waals surface area contributed by atoms with Gasteiger partial charge in [-0.05, 0) is 24.6 Å². The van der Waals surface area contributed by atoms with Gasteiger partial charge in [0.2, 0.25) is 5.88 Å². The number of benzene rings is 2. The minimum atomic E-state index is 0.501. The molecule has 0 radical (unpaired) electrons. The van der Waals surface area contributed by atoms with Crippen LogP contribution in [0.2, 0.25) is 0 Å². The van der Waals surface area contributed by atoms with Crippen molar-refractivity contribution in [1.82, 2.24) is 15.5 Å². The molecule has 4 heteroatoms. The molecule has 2 aromatic carbocycles. The van der Waals surface area contributed by atoms with E-state index in [2.05, 4.69) is 27.6 Å². The number of nitrogens with zero attached hydrogens (tertiary/aromatic N) is 2. The van der Waals surface area contributed by atoms with Crippen LogP contribution < -0.4 is 10.1 Å².